The number of hydrogen-bond donors (Lipinski definition) is 0. The molecule has 0 saturated heterocycles. The first-order valence-electron chi connectivity index (χ1n) is 11.1. The van der Waals surface area contributed by atoms with Crippen LogP contribution < -0.4 is 0 Å². The first kappa shape index (κ1) is 24.9. The summed E-state index contributed by atoms with van der Waals surface area (Å²) in [7, 11) is -4.01. The molecule has 1 saturated carbocycles. The van der Waals surface area contributed by atoms with Gasteiger partial charge in [-0.3, -0.25) is 4.79 Å². The van der Waals surface area contributed by atoms with Crippen LogP contribution in [0.5, 0.6) is 0 Å². The molecule has 6 heteroatoms. The molecule has 1 rings (SSSR count). The van der Waals surface area contributed by atoms with Crippen molar-refractivity contribution < 1.29 is 18.1 Å². The Hall–Kier alpha value is -0.176. The standard InChI is InChI=1S/C21H43O4Si2/c1-9-21(8,26(23-10-2)24-11-3)20(22)25-27(17(4)5,18(6)7)19-15-13-12-14-16-19/h17-19H,9-16H2,1-8H3. The molecule has 1 aliphatic carbocycles. The predicted molar refractivity (Wildman–Crippen MR) is 117 cm³/mol. The maximum atomic E-state index is 13.6. The van der Waals surface area contributed by atoms with E-state index in [-0.39, 0.29) is 5.97 Å². The van der Waals surface area contributed by atoms with Crippen molar-refractivity contribution in [2.45, 2.75) is 116 Å². The number of rotatable bonds is 11. The highest BCUT2D eigenvalue weighted by Crippen LogP contribution is 2.51. The van der Waals surface area contributed by atoms with Gasteiger partial charge < -0.3 is 13.3 Å². The first-order chi connectivity index (χ1) is 12.7. The van der Waals surface area contributed by atoms with Crippen LogP contribution in [0.1, 0.15) is 93.9 Å². The molecule has 0 bridgehead atoms. The van der Waals surface area contributed by atoms with Gasteiger partial charge in [-0.25, -0.2) is 0 Å². The Morgan fingerprint density at radius 1 is 1.00 bits per heavy atom. The zero-order valence-corrected chi connectivity index (χ0v) is 21.0. The largest absolute Gasteiger partial charge is 0.518 e. The lowest BCUT2D eigenvalue weighted by Gasteiger charge is -2.47. The SMILES string of the molecule is CCO[Si](OCC)C(C)(CC)C(=O)O[Si](C(C)C)(C(C)C)C1CCCCC1. The minimum atomic E-state index is -2.27. The van der Waals surface area contributed by atoms with E-state index in [0.717, 1.165) is 0 Å². The van der Waals surface area contributed by atoms with E-state index in [1.165, 1.54) is 32.1 Å². The van der Waals surface area contributed by atoms with Gasteiger partial charge in [-0.15, -0.1) is 0 Å². The summed E-state index contributed by atoms with van der Waals surface area (Å²) in [6, 6.07) is 0. The molecule has 1 atom stereocenters. The van der Waals surface area contributed by atoms with E-state index in [1.807, 2.05) is 20.8 Å². The molecule has 1 aliphatic rings. The lowest BCUT2D eigenvalue weighted by atomic mass is 10.0. The summed E-state index contributed by atoms with van der Waals surface area (Å²) >= 11 is 0. The van der Waals surface area contributed by atoms with Crippen molar-refractivity contribution in [3.05, 3.63) is 0 Å². The third-order valence-electron chi connectivity index (χ3n) is 6.48. The Kier molecular flexibility index (Phi) is 10.2. The van der Waals surface area contributed by atoms with Crippen LogP contribution in [-0.2, 0) is 18.1 Å². The van der Waals surface area contributed by atoms with Crippen LogP contribution >= 0.6 is 0 Å². The number of carbonyl (C=O) groups excluding carboxylic acids is 1. The average Bonchev–Trinajstić information content (AvgIpc) is 2.65. The van der Waals surface area contributed by atoms with Crippen LogP contribution in [0.15, 0.2) is 0 Å². The Balaban J connectivity index is 3.22. The normalized spacial score (nSPS) is 18.9. The van der Waals surface area contributed by atoms with Crippen molar-refractivity contribution >= 4 is 23.6 Å². The van der Waals surface area contributed by atoms with E-state index in [0.29, 0.717) is 36.3 Å². The molecule has 0 amide bonds. The predicted octanol–water partition coefficient (Wildman–Crippen LogP) is 6.36. The zero-order chi connectivity index (χ0) is 20.7. The quantitative estimate of drug-likeness (QED) is 0.368. The Morgan fingerprint density at radius 3 is 1.85 bits per heavy atom. The van der Waals surface area contributed by atoms with E-state index in [4.69, 9.17) is 13.3 Å². The highest BCUT2D eigenvalue weighted by molar-refractivity contribution is 6.79. The number of hydrogen-bond acceptors (Lipinski definition) is 4. The fourth-order valence-corrected chi connectivity index (χ4v) is 12.3. The maximum Gasteiger partial charge on any atom is 0.402 e. The van der Waals surface area contributed by atoms with E-state index in [1.54, 1.807) is 0 Å². The van der Waals surface area contributed by atoms with E-state index < -0.39 is 22.6 Å². The molecule has 27 heavy (non-hydrogen) atoms. The summed E-state index contributed by atoms with van der Waals surface area (Å²) in [6.45, 7) is 18.2. The number of carbonyl (C=O) groups is 1. The second kappa shape index (κ2) is 11.1. The van der Waals surface area contributed by atoms with Crippen LogP contribution in [-0.4, -0.2) is 36.8 Å². The van der Waals surface area contributed by atoms with Gasteiger partial charge in [0, 0.05) is 13.2 Å². The molecule has 0 aliphatic heterocycles. The van der Waals surface area contributed by atoms with Gasteiger partial charge >= 0.3 is 9.28 Å². The fourth-order valence-electron chi connectivity index (χ4n) is 4.75. The monoisotopic (exact) mass is 415 g/mol. The Labute approximate surface area is 170 Å². The average molecular weight is 416 g/mol. The molecule has 4 nitrogen and oxygen atoms in total. The molecule has 0 spiro atoms. The van der Waals surface area contributed by atoms with Crippen molar-refractivity contribution in [3.63, 3.8) is 0 Å². The topological polar surface area (TPSA) is 44.8 Å². The maximum absolute atomic E-state index is 13.6. The summed E-state index contributed by atoms with van der Waals surface area (Å²) in [5, 5.41) is -0.673. The lowest BCUT2D eigenvalue weighted by molar-refractivity contribution is -0.140. The molecule has 1 unspecified atom stereocenters. The smallest absolute Gasteiger partial charge is 0.402 e. The minimum absolute atomic E-state index is 0.0690. The fraction of sp³-hybridized carbons (Fsp3) is 0.952. The molecule has 0 N–H and O–H groups in total. The summed E-state index contributed by atoms with van der Waals surface area (Å²) in [4.78, 5) is 13.6. The Bertz CT molecular complexity index is 435. The highest BCUT2D eigenvalue weighted by atomic mass is 28.4. The second-order valence-electron chi connectivity index (χ2n) is 8.73. The van der Waals surface area contributed by atoms with Crippen LogP contribution in [0, 0.1) is 0 Å². The van der Waals surface area contributed by atoms with Gasteiger partial charge in [0.2, 0.25) is 0 Å². The second-order valence-corrected chi connectivity index (χ2v) is 16.0. The zero-order valence-electron chi connectivity index (χ0n) is 19.0. The molecule has 1 radical (unpaired) electrons. The first-order valence-corrected chi connectivity index (χ1v) is 14.5. The third-order valence-corrected chi connectivity index (χ3v) is 15.0. The van der Waals surface area contributed by atoms with E-state index in [9.17, 15) is 4.79 Å². The Morgan fingerprint density at radius 2 is 1.48 bits per heavy atom. The lowest BCUT2D eigenvalue weighted by Crippen LogP contribution is -2.54. The summed E-state index contributed by atoms with van der Waals surface area (Å²) in [5.41, 5.74) is 1.41. The van der Waals surface area contributed by atoms with E-state index in [2.05, 4.69) is 34.6 Å². The van der Waals surface area contributed by atoms with Gasteiger partial charge in [-0.2, -0.15) is 0 Å². The highest BCUT2D eigenvalue weighted by Gasteiger charge is 2.56. The van der Waals surface area contributed by atoms with Gasteiger partial charge in [0.05, 0.1) is 0 Å². The van der Waals surface area contributed by atoms with Crippen LogP contribution in [0.2, 0.25) is 21.7 Å². The molecular weight excluding hydrogens is 372 g/mol. The summed E-state index contributed by atoms with van der Waals surface area (Å²) in [5.74, 6) is -0.0690. The molecular formula is C21H43O4Si2. The molecule has 0 aromatic carbocycles. The van der Waals surface area contributed by atoms with Crippen molar-refractivity contribution in [1.29, 1.82) is 0 Å². The van der Waals surface area contributed by atoms with Gasteiger partial charge in [0.25, 0.3) is 14.3 Å². The van der Waals surface area contributed by atoms with Gasteiger partial charge in [-0.05, 0) is 56.7 Å². The van der Waals surface area contributed by atoms with Gasteiger partial charge in [-0.1, -0.05) is 53.9 Å². The van der Waals surface area contributed by atoms with Crippen molar-refractivity contribution in [1.82, 2.24) is 0 Å². The van der Waals surface area contributed by atoms with Crippen molar-refractivity contribution in [3.8, 4) is 0 Å². The molecule has 159 valence electrons. The molecule has 1 fully saturated rings. The third kappa shape index (κ3) is 5.46. The molecule has 0 heterocycles. The summed E-state index contributed by atoms with van der Waals surface area (Å²) in [6.07, 6.45) is 6.98. The van der Waals surface area contributed by atoms with Crippen molar-refractivity contribution in [2.75, 3.05) is 13.2 Å². The van der Waals surface area contributed by atoms with Gasteiger partial charge in [0.1, 0.15) is 5.04 Å². The van der Waals surface area contributed by atoms with Crippen LogP contribution in [0.4, 0.5) is 0 Å². The van der Waals surface area contributed by atoms with Gasteiger partial charge in [0.15, 0.2) is 0 Å². The molecule has 0 aromatic heterocycles. The molecule has 0 aromatic rings. The van der Waals surface area contributed by atoms with Crippen molar-refractivity contribution in [2.24, 2.45) is 0 Å². The van der Waals surface area contributed by atoms with Crippen LogP contribution in [0.3, 0.4) is 0 Å². The summed E-state index contributed by atoms with van der Waals surface area (Å²) < 4.78 is 18.6. The van der Waals surface area contributed by atoms with E-state index >= 15 is 0 Å². The minimum Gasteiger partial charge on any atom is -0.518 e. The van der Waals surface area contributed by atoms with Crippen LogP contribution in [0.25, 0.3) is 0 Å².